The van der Waals surface area contributed by atoms with Crippen molar-refractivity contribution in [3.05, 3.63) is 17.5 Å². The molecule has 0 bridgehead atoms. The highest BCUT2D eigenvalue weighted by atomic mass is 16.5. The zero-order valence-corrected chi connectivity index (χ0v) is 9.69. The average Bonchev–Trinajstić information content (AvgIpc) is 2.87. The maximum Gasteiger partial charge on any atom is 0.224 e. The van der Waals surface area contributed by atoms with Crippen molar-refractivity contribution in [2.45, 2.75) is 19.9 Å². The summed E-state index contributed by atoms with van der Waals surface area (Å²) in [5.41, 5.74) is 0.940. The van der Waals surface area contributed by atoms with Crippen molar-refractivity contribution in [2.75, 3.05) is 20.1 Å². The Morgan fingerprint density at radius 1 is 1.75 bits per heavy atom. The van der Waals surface area contributed by atoms with Gasteiger partial charge in [-0.25, -0.2) is 0 Å². The van der Waals surface area contributed by atoms with Crippen LogP contribution in [0, 0.1) is 12.8 Å². The fourth-order valence-electron chi connectivity index (χ4n) is 2.12. The van der Waals surface area contributed by atoms with Crippen molar-refractivity contribution >= 4 is 5.91 Å². The standard InChI is InChI=1S/C11H17N3O2/c1-8-5-10(13-16-8)7-14-4-3-9(6-14)11(15)12-2/h5,9H,3-4,6-7H2,1-2H3,(H,12,15). The Morgan fingerprint density at radius 2 is 2.56 bits per heavy atom. The van der Waals surface area contributed by atoms with Gasteiger partial charge in [-0.3, -0.25) is 9.69 Å². The first-order chi connectivity index (χ1) is 7.69. The molecule has 88 valence electrons. The van der Waals surface area contributed by atoms with Gasteiger partial charge >= 0.3 is 0 Å². The minimum atomic E-state index is 0.123. The molecule has 1 atom stereocenters. The van der Waals surface area contributed by atoms with E-state index in [2.05, 4.69) is 15.4 Å². The van der Waals surface area contributed by atoms with Crippen LogP contribution in [-0.4, -0.2) is 36.1 Å². The Bertz CT molecular complexity index is 375. The second-order valence-corrected chi connectivity index (χ2v) is 4.26. The summed E-state index contributed by atoms with van der Waals surface area (Å²) in [6, 6.07) is 1.94. The lowest BCUT2D eigenvalue weighted by atomic mass is 10.1. The molecule has 1 N–H and O–H groups in total. The zero-order chi connectivity index (χ0) is 11.5. The van der Waals surface area contributed by atoms with Gasteiger partial charge in [0.15, 0.2) is 0 Å². The first kappa shape index (κ1) is 11.1. The van der Waals surface area contributed by atoms with Gasteiger partial charge in [0.25, 0.3) is 0 Å². The fourth-order valence-corrected chi connectivity index (χ4v) is 2.12. The molecule has 1 fully saturated rings. The van der Waals surface area contributed by atoms with Crippen molar-refractivity contribution in [3.63, 3.8) is 0 Å². The van der Waals surface area contributed by atoms with Crippen LogP contribution in [-0.2, 0) is 11.3 Å². The third-order valence-corrected chi connectivity index (χ3v) is 2.95. The number of rotatable bonds is 3. The molecule has 5 heteroatoms. The van der Waals surface area contributed by atoms with Crippen molar-refractivity contribution < 1.29 is 9.32 Å². The van der Waals surface area contributed by atoms with Crippen molar-refractivity contribution in [1.82, 2.24) is 15.4 Å². The van der Waals surface area contributed by atoms with Gasteiger partial charge in [-0.15, -0.1) is 0 Å². The Hall–Kier alpha value is -1.36. The van der Waals surface area contributed by atoms with Crippen LogP contribution >= 0.6 is 0 Å². The van der Waals surface area contributed by atoms with Gasteiger partial charge in [-0.2, -0.15) is 0 Å². The molecule has 2 heterocycles. The Balaban J connectivity index is 1.87. The predicted molar refractivity (Wildman–Crippen MR) is 58.7 cm³/mol. The summed E-state index contributed by atoms with van der Waals surface area (Å²) in [4.78, 5) is 13.7. The van der Waals surface area contributed by atoms with Crippen LogP contribution in [0.2, 0.25) is 0 Å². The number of amides is 1. The Morgan fingerprint density at radius 3 is 3.19 bits per heavy atom. The third kappa shape index (κ3) is 2.41. The monoisotopic (exact) mass is 223 g/mol. The van der Waals surface area contributed by atoms with Gasteiger partial charge in [-0.05, 0) is 19.9 Å². The van der Waals surface area contributed by atoms with E-state index in [0.717, 1.165) is 37.5 Å². The number of aromatic nitrogens is 1. The molecular weight excluding hydrogens is 206 g/mol. The molecule has 1 amide bonds. The lowest BCUT2D eigenvalue weighted by Gasteiger charge is -2.13. The van der Waals surface area contributed by atoms with E-state index in [1.165, 1.54) is 0 Å². The number of carbonyl (C=O) groups excluding carboxylic acids is 1. The van der Waals surface area contributed by atoms with Crippen LogP contribution < -0.4 is 5.32 Å². The van der Waals surface area contributed by atoms with Crippen LogP contribution in [0.5, 0.6) is 0 Å². The van der Waals surface area contributed by atoms with E-state index in [1.807, 2.05) is 13.0 Å². The number of carbonyl (C=O) groups is 1. The maximum atomic E-state index is 11.4. The molecular formula is C11H17N3O2. The summed E-state index contributed by atoms with van der Waals surface area (Å²) in [5, 5.41) is 6.65. The smallest absolute Gasteiger partial charge is 0.224 e. The SMILES string of the molecule is CNC(=O)C1CCN(Cc2cc(C)on2)C1. The van der Waals surface area contributed by atoms with Crippen molar-refractivity contribution in [3.8, 4) is 0 Å². The van der Waals surface area contributed by atoms with Crippen LogP contribution in [0.1, 0.15) is 17.9 Å². The van der Waals surface area contributed by atoms with E-state index in [-0.39, 0.29) is 11.8 Å². The fraction of sp³-hybridized carbons (Fsp3) is 0.636. The van der Waals surface area contributed by atoms with Crippen LogP contribution in [0.4, 0.5) is 0 Å². The number of aryl methyl sites for hydroxylation is 1. The minimum Gasteiger partial charge on any atom is -0.361 e. The number of likely N-dealkylation sites (tertiary alicyclic amines) is 1. The molecule has 1 aromatic heterocycles. The largest absolute Gasteiger partial charge is 0.361 e. The summed E-state index contributed by atoms with van der Waals surface area (Å²) < 4.78 is 5.01. The van der Waals surface area contributed by atoms with Crippen molar-refractivity contribution in [1.29, 1.82) is 0 Å². The average molecular weight is 223 g/mol. The summed E-state index contributed by atoms with van der Waals surface area (Å²) in [7, 11) is 1.69. The summed E-state index contributed by atoms with van der Waals surface area (Å²) >= 11 is 0. The van der Waals surface area contributed by atoms with Gasteiger partial charge in [0, 0.05) is 26.2 Å². The van der Waals surface area contributed by atoms with E-state index in [1.54, 1.807) is 7.05 Å². The number of nitrogens with zero attached hydrogens (tertiary/aromatic N) is 2. The van der Waals surface area contributed by atoms with E-state index >= 15 is 0 Å². The molecule has 0 aromatic carbocycles. The minimum absolute atomic E-state index is 0.123. The molecule has 5 nitrogen and oxygen atoms in total. The van der Waals surface area contributed by atoms with Gasteiger partial charge in [0.2, 0.25) is 5.91 Å². The second kappa shape index (κ2) is 4.65. The number of nitrogens with one attached hydrogen (secondary N) is 1. The summed E-state index contributed by atoms with van der Waals surface area (Å²) in [5.74, 6) is 1.09. The van der Waals surface area contributed by atoms with Gasteiger partial charge < -0.3 is 9.84 Å². The Labute approximate surface area is 94.8 Å². The highest BCUT2D eigenvalue weighted by Gasteiger charge is 2.27. The molecule has 0 radical (unpaired) electrons. The normalized spacial score (nSPS) is 21.2. The molecule has 1 aliphatic rings. The van der Waals surface area contributed by atoms with E-state index < -0.39 is 0 Å². The first-order valence-electron chi connectivity index (χ1n) is 5.55. The Kier molecular flexibility index (Phi) is 3.24. The summed E-state index contributed by atoms with van der Waals surface area (Å²) in [6.45, 7) is 4.41. The van der Waals surface area contributed by atoms with Gasteiger partial charge in [0.1, 0.15) is 5.76 Å². The topological polar surface area (TPSA) is 58.4 Å². The van der Waals surface area contributed by atoms with Crippen LogP contribution in [0.25, 0.3) is 0 Å². The van der Waals surface area contributed by atoms with Gasteiger partial charge in [0.05, 0.1) is 11.6 Å². The zero-order valence-electron chi connectivity index (χ0n) is 9.69. The molecule has 1 aliphatic heterocycles. The molecule has 1 unspecified atom stereocenters. The molecule has 1 aromatic rings. The summed E-state index contributed by atoms with van der Waals surface area (Å²) in [6.07, 6.45) is 0.927. The molecule has 2 rings (SSSR count). The van der Waals surface area contributed by atoms with E-state index in [9.17, 15) is 4.79 Å². The second-order valence-electron chi connectivity index (χ2n) is 4.26. The van der Waals surface area contributed by atoms with Crippen LogP contribution in [0.3, 0.4) is 0 Å². The van der Waals surface area contributed by atoms with Crippen molar-refractivity contribution in [2.24, 2.45) is 5.92 Å². The highest BCUT2D eigenvalue weighted by molar-refractivity contribution is 5.78. The quantitative estimate of drug-likeness (QED) is 0.813. The number of hydrogen-bond donors (Lipinski definition) is 1. The third-order valence-electron chi connectivity index (χ3n) is 2.95. The highest BCUT2D eigenvalue weighted by Crippen LogP contribution is 2.18. The molecule has 16 heavy (non-hydrogen) atoms. The predicted octanol–water partition coefficient (Wildman–Crippen LogP) is 0.551. The lowest BCUT2D eigenvalue weighted by Crippen LogP contribution is -2.30. The lowest BCUT2D eigenvalue weighted by molar-refractivity contribution is -0.124. The molecule has 1 saturated heterocycles. The molecule has 0 saturated carbocycles. The first-order valence-corrected chi connectivity index (χ1v) is 5.55. The molecule has 0 spiro atoms. The molecule has 0 aliphatic carbocycles. The van der Waals surface area contributed by atoms with Gasteiger partial charge in [-0.1, -0.05) is 5.16 Å². The number of hydrogen-bond acceptors (Lipinski definition) is 4. The maximum absolute atomic E-state index is 11.4. The van der Waals surface area contributed by atoms with Crippen LogP contribution in [0.15, 0.2) is 10.6 Å². The van der Waals surface area contributed by atoms with E-state index in [0.29, 0.717) is 0 Å². The van der Waals surface area contributed by atoms with E-state index in [4.69, 9.17) is 4.52 Å².